The standard InChI is InChI=1S/C19H26O4S/c20-18-10-13-24-15-17(14-16-8-4-3-5-9-16)19(21)23-12-7-2-1-6-11-22-18/h3-5,8-9,17H,1-2,6-7,10-15H2. The highest BCUT2D eigenvalue weighted by Crippen LogP contribution is 2.18. The van der Waals surface area contributed by atoms with Crippen LogP contribution in [0.25, 0.3) is 0 Å². The third-order valence-electron chi connectivity index (χ3n) is 3.97. The fourth-order valence-electron chi connectivity index (χ4n) is 2.60. The second-order valence-corrected chi connectivity index (χ2v) is 7.16. The molecule has 1 atom stereocenters. The zero-order valence-corrected chi connectivity index (χ0v) is 14.9. The molecule has 0 bridgehead atoms. The second kappa shape index (κ2) is 11.1. The van der Waals surface area contributed by atoms with E-state index in [-0.39, 0.29) is 17.9 Å². The molecule has 0 N–H and O–H groups in total. The minimum Gasteiger partial charge on any atom is -0.466 e. The maximum Gasteiger partial charge on any atom is 0.310 e. The van der Waals surface area contributed by atoms with Crippen molar-refractivity contribution in [3.05, 3.63) is 35.9 Å². The summed E-state index contributed by atoms with van der Waals surface area (Å²) in [6.07, 6.45) is 4.80. The van der Waals surface area contributed by atoms with Crippen LogP contribution in [-0.4, -0.2) is 36.7 Å². The Balaban J connectivity index is 1.92. The molecule has 1 heterocycles. The van der Waals surface area contributed by atoms with E-state index < -0.39 is 0 Å². The van der Waals surface area contributed by atoms with Crippen LogP contribution < -0.4 is 0 Å². The summed E-state index contributed by atoms with van der Waals surface area (Å²) in [5, 5.41) is 0. The Bertz CT molecular complexity index is 503. The molecule has 0 amide bonds. The second-order valence-electron chi connectivity index (χ2n) is 6.01. The van der Waals surface area contributed by atoms with Crippen LogP contribution in [0.15, 0.2) is 30.3 Å². The topological polar surface area (TPSA) is 52.6 Å². The molecular weight excluding hydrogens is 324 g/mol. The lowest BCUT2D eigenvalue weighted by Gasteiger charge is -2.16. The summed E-state index contributed by atoms with van der Waals surface area (Å²) in [7, 11) is 0. The van der Waals surface area contributed by atoms with E-state index in [9.17, 15) is 9.59 Å². The summed E-state index contributed by atoms with van der Waals surface area (Å²) in [5.74, 6) is 0.917. The summed E-state index contributed by atoms with van der Waals surface area (Å²) in [4.78, 5) is 24.0. The van der Waals surface area contributed by atoms with E-state index in [1.165, 1.54) is 0 Å². The molecule has 5 heteroatoms. The summed E-state index contributed by atoms with van der Waals surface area (Å²) in [6.45, 7) is 0.981. The maximum absolute atomic E-state index is 12.4. The summed E-state index contributed by atoms with van der Waals surface area (Å²) < 4.78 is 10.7. The predicted octanol–water partition coefficient (Wildman–Crippen LogP) is 3.63. The molecule has 1 unspecified atom stereocenters. The van der Waals surface area contributed by atoms with E-state index in [4.69, 9.17) is 9.47 Å². The van der Waals surface area contributed by atoms with Crippen molar-refractivity contribution in [3.63, 3.8) is 0 Å². The van der Waals surface area contributed by atoms with Gasteiger partial charge in [0.05, 0.1) is 25.6 Å². The van der Waals surface area contributed by atoms with E-state index in [1.807, 2.05) is 30.3 Å². The van der Waals surface area contributed by atoms with Crippen molar-refractivity contribution in [2.24, 2.45) is 5.92 Å². The number of esters is 2. The molecule has 1 aromatic rings. The van der Waals surface area contributed by atoms with Gasteiger partial charge in [-0.05, 0) is 37.7 Å². The molecule has 0 aromatic heterocycles. The van der Waals surface area contributed by atoms with Gasteiger partial charge >= 0.3 is 11.9 Å². The Hall–Kier alpha value is -1.49. The third-order valence-corrected chi connectivity index (χ3v) is 5.10. The average molecular weight is 350 g/mol. The van der Waals surface area contributed by atoms with Gasteiger partial charge in [-0.3, -0.25) is 9.59 Å². The number of thioether (sulfide) groups is 1. The molecule has 1 fully saturated rings. The monoisotopic (exact) mass is 350 g/mol. The highest BCUT2D eigenvalue weighted by atomic mass is 32.2. The largest absolute Gasteiger partial charge is 0.466 e. The van der Waals surface area contributed by atoms with Gasteiger partial charge < -0.3 is 9.47 Å². The summed E-state index contributed by atoms with van der Waals surface area (Å²) in [6, 6.07) is 10.0. The van der Waals surface area contributed by atoms with Gasteiger partial charge in [-0.25, -0.2) is 0 Å². The Kier molecular flexibility index (Phi) is 8.74. The first-order chi connectivity index (χ1) is 11.8. The van der Waals surface area contributed by atoms with Gasteiger partial charge in [-0.2, -0.15) is 11.8 Å². The third kappa shape index (κ3) is 7.39. The lowest BCUT2D eigenvalue weighted by Crippen LogP contribution is -2.23. The number of cyclic esters (lactones) is 2. The number of carbonyl (C=O) groups excluding carboxylic acids is 2. The zero-order valence-electron chi connectivity index (χ0n) is 14.1. The quantitative estimate of drug-likeness (QED) is 0.763. The lowest BCUT2D eigenvalue weighted by molar-refractivity contribution is -0.148. The van der Waals surface area contributed by atoms with Gasteiger partial charge in [0.1, 0.15) is 0 Å². The van der Waals surface area contributed by atoms with Crippen LogP contribution >= 0.6 is 11.8 Å². The fraction of sp³-hybridized carbons (Fsp3) is 0.579. The lowest BCUT2D eigenvalue weighted by atomic mass is 10.0. The van der Waals surface area contributed by atoms with Crippen LogP contribution in [0.5, 0.6) is 0 Å². The molecule has 0 aliphatic carbocycles. The molecule has 1 aliphatic heterocycles. The zero-order chi connectivity index (χ0) is 17.0. The molecule has 1 aromatic carbocycles. The van der Waals surface area contributed by atoms with E-state index in [1.54, 1.807) is 11.8 Å². The van der Waals surface area contributed by atoms with Gasteiger partial charge in [-0.15, -0.1) is 0 Å². The van der Waals surface area contributed by atoms with Crippen LogP contribution in [0.2, 0.25) is 0 Å². The number of rotatable bonds is 2. The molecule has 0 radical (unpaired) electrons. The SMILES string of the molecule is O=C1CCSCC(Cc2ccccc2)C(=O)OCCCCCCO1. The number of ether oxygens (including phenoxy) is 2. The molecule has 0 spiro atoms. The molecule has 2 rings (SSSR count). The first-order valence-corrected chi connectivity index (χ1v) is 9.85. The summed E-state index contributed by atoms with van der Waals surface area (Å²) in [5.41, 5.74) is 1.14. The number of hydrogen-bond acceptors (Lipinski definition) is 5. The molecular formula is C19H26O4S. The van der Waals surface area contributed by atoms with Crippen molar-refractivity contribution in [1.82, 2.24) is 0 Å². The Labute approximate surface area is 148 Å². The smallest absolute Gasteiger partial charge is 0.310 e. The number of carbonyl (C=O) groups is 2. The highest BCUT2D eigenvalue weighted by Gasteiger charge is 2.21. The first kappa shape index (κ1) is 18.8. The molecule has 24 heavy (non-hydrogen) atoms. The number of benzene rings is 1. The van der Waals surface area contributed by atoms with Crippen molar-refractivity contribution in [3.8, 4) is 0 Å². The van der Waals surface area contributed by atoms with E-state index in [0.29, 0.717) is 37.6 Å². The Morgan fingerprint density at radius 3 is 2.42 bits per heavy atom. The van der Waals surface area contributed by atoms with Gasteiger partial charge in [0.2, 0.25) is 0 Å². The van der Waals surface area contributed by atoms with Gasteiger partial charge in [0, 0.05) is 11.5 Å². The van der Waals surface area contributed by atoms with Gasteiger partial charge in [0.15, 0.2) is 0 Å². The van der Waals surface area contributed by atoms with Crippen molar-refractivity contribution in [2.45, 2.75) is 38.5 Å². The molecule has 1 saturated heterocycles. The van der Waals surface area contributed by atoms with E-state index >= 15 is 0 Å². The van der Waals surface area contributed by atoms with Crippen LogP contribution in [-0.2, 0) is 25.5 Å². The van der Waals surface area contributed by atoms with Crippen LogP contribution in [0.4, 0.5) is 0 Å². The predicted molar refractivity (Wildman–Crippen MR) is 96.0 cm³/mol. The van der Waals surface area contributed by atoms with Crippen molar-refractivity contribution in [1.29, 1.82) is 0 Å². The normalized spacial score (nSPS) is 21.9. The van der Waals surface area contributed by atoms with Crippen molar-refractivity contribution < 1.29 is 19.1 Å². The highest BCUT2D eigenvalue weighted by molar-refractivity contribution is 7.99. The van der Waals surface area contributed by atoms with E-state index in [0.717, 1.165) is 31.2 Å². The van der Waals surface area contributed by atoms with Gasteiger partial charge in [-0.1, -0.05) is 30.3 Å². The average Bonchev–Trinajstić information content (AvgIpc) is 2.60. The Morgan fingerprint density at radius 2 is 1.67 bits per heavy atom. The molecule has 0 saturated carbocycles. The first-order valence-electron chi connectivity index (χ1n) is 8.69. The van der Waals surface area contributed by atoms with Crippen LogP contribution in [0, 0.1) is 5.92 Å². The van der Waals surface area contributed by atoms with Crippen LogP contribution in [0.1, 0.15) is 37.7 Å². The maximum atomic E-state index is 12.4. The summed E-state index contributed by atoms with van der Waals surface area (Å²) >= 11 is 1.62. The van der Waals surface area contributed by atoms with Crippen molar-refractivity contribution >= 4 is 23.7 Å². The molecule has 1 aliphatic rings. The van der Waals surface area contributed by atoms with E-state index in [2.05, 4.69) is 0 Å². The minimum absolute atomic E-state index is 0.121. The number of hydrogen-bond donors (Lipinski definition) is 0. The molecule has 132 valence electrons. The Morgan fingerprint density at radius 1 is 0.958 bits per heavy atom. The van der Waals surface area contributed by atoms with Crippen molar-refractivity contribution in [2.75, 3.05) is 24.7 Å². The van der Waals surface area contributed by atoms with Gasteiger partial charge in [0.25, 0.3) is 0 Å². The van der Waals surface area contributed by atoms with Crippen LogP contribution in [0.3, 0.4) is 0 Å². The fourth-order valence-corrected chi connectivity index (χ4v) is 3.61. The minimum atomic E-state index is -0.168. The molecule has 4 nitrogen and oxygen atoms in total.